The maximum atomic E-state index is 11.6. The highest BCUT2D eigenvalue weighted by Gasteiger charge is 2.03. The number of nitrogens with two attached hydrogens (primary N) is 1. The smallest absolute Gasteiger partial charge is 0.224 e. The number of ether oxygens (including phenoxy) is 2. The van der Waals surface area contributed by atoms with Crippen LogP contribution in [0, 0.1) is 0 Å². The summed E-state index contributed by atoms with van der Waals surface area (Å²) in [6.07, 6.45) is 2.62. The van der Waals surface area contributed by atoms with Crippen molar-refractivity contribution < 1.29 is 14.3 Å². The van der Waals surface area contributed by atoms with E-state index in [1.165, 1.54) is 0 Å². The lowest BCUT2D eigenvalue weighted by Gasteiger charge is -2.07. The fourth-order valence-corrected chi connectivity index (χ4v) is 1.77. The van der Waals surface area contributed by atoms with Gasteiger partial charge in [-0.05, 0) is 43.3 Å². The first-order chi connectivity index (χ1) is 10.7. The van der Waals surface area contributed by atoms with Crippen LogP contribution in [0.1, 0.15) is 12.8 Å². The van der Waals surface area contributed by atoms with E-state index >= 15 is 0 Å². The summed E-state index contributed by atoms with van der Waals surface area (Å²) in [7, 11) is 1.61. The molecule has 0 radical (unpaired) electrons. The van der Waals surface area contributed by atoms with Gasteiger partial charge in [0, 0.05) is 12.5 Å². The second-order valence-electron chi connectivity index (χ2n) is 4.60. The van der Waals surface area contributed by atoms with Crippen LogP contribution < -0.4 is 20.5 Å². The average Bonchev–Trinajstić information content (AvgIpc) is 2.55. The Morgan fingerprint density at radius 3 is 2.33 bits per heavy atom. The van der Waals surface area contributed by atoms with Crippen LogP contribution in [0.4, 0.5) is 5.69 Å². The number of anilines is 1. The lowest BCUT2D eigenvalue weighted by molar-refractivity contribution is -0.116. The molecule has 0 atom stereocenters. The third-order valence-corrected chi connectivity index (χ3v) is 2.91. The molecule has 1 amide bonds. The summed E-state index contributed by atoms with van der Waals surface area (Å²) in [5, 5.41) is 2.75. The Morgan fingerprint density at radius 1 is 1.12 bits per heavy atom. The van der Waals surface area contributed by atoms with Crippen molar-refractivity contribution in [3.8, 4) is 17.4 Å². The minimum absolute atomic E-state index is 0. The molecule has 2 rings (SSSR count). The maximum Gasteiger partial charge on any atom is 0.224 e. The number of hydrogen-bond donors (Lipinski definition) is 2. The monoisotopic (exact) mass is 373 g/mol. The minimum atomic E-state index is -0.0731. The van der Waals surface area contributed by atoms with E-state index in [2.05, 4.69) is 10.3 Å². The van der Waals surface area contributed by atoms with E-state index in [9.17, 15) is 4.79 Å². The molecule has 0 unspecified atom stereocenters. The highest BCUT2D eigenvalue weighted by atomic mass is 35.5. The molecular formula is C16H21Cl2N3O3. The molecule has 24 heavy (non-hydrogen) atoms. The predicted molar refractivity (Wildman–Crippen MR) is 98.7 cm³/mol. The van der Waals surface area contributed by atoms with E-state index in [0.29, 0.717) is 36.7 Å². The largest absolute Gasteiger partial charge is 0.497 e. The first-order valence-corrected chi connectivity index (χ1v) is 6.99. The van der Waals surface area contributed by atoms with Crippen LogP contribution in [0.5, 0.6) is 17.4 Å². The molecule has 0 saturated heterocycles. The fourth-order valence-electron chi connectivity index (χ4n) is 1.77. The summed E-state index contributed by atoms with van der Waals surface area (Å²) in [5.74, 6) is 1.80. The van der Waals surface area contributed by atoms with Crippen LogP contribution in [0.2, 0.25) is 0 Å². The number of carbonyl (C=O) groups is 1. The van der Waals surface area contributed by atoms with Gasteiger partial charge >= 0.3 is 0 Å². The van der Waals surface area contributed by atoms with Gasteiger partial charge in [0.25, 0.3) is 0 Å². The van der Waals surface area contributed by atoms with Crippen LogP contribution in [-0.4, -0.2) is 24.5 Å². The molecule has 1 aromatic carbocycles. The Balaban J connectivity index is 0.00000264. The number of halogens is 2. The predicted octanol–water partition coefficient (Wildman–Crippen LogP) is 3.40. The fraction of sp³-hybridized carbons (Fsp3) is 0.250. The molecule has 1 aromatic heterocycles. The molecule has 0 bridgehead atoms. The third-order valence-electron chi connectivity index (χ3n) is 2.91. The molecule has 0 aliphatic rings. The van der Waals surface area contributed by atoms with E-state index in [4.69, 9.17) is 15.2 Å². The first-order valence-electron chi connectivity index (χ1n) is 6.99. The van der Waals surface area contributed by atoms with Crippen molar-refractivity contribution in [3.63, 3.8) is 0 Å². The molecule has 0 aliphatic carbocycles. The number of carbonyl (C=O) groups excluding carboxylic acids is 1. The van der Waals surface area contributed by atoms with Gasteiger partial charge in [0.15, 0.2) is 0 Å². The summed E-state index contributed by atoms with van der Waals surface area (Å²) in [6.45, 7) is 0.500. The number of pyridine rings is 1. The van der Waals surface area contributed by atoms with Gasteiger partial charge in [0.05, 0.1) is 19.0 Å². The van der Waals surface area contributed by atoms with Crippen molar-refractivity contribution >= 4 is 36.4 Å². The first kappa shape index (κ1) is 22.0. The molecule has 8 heteroatoms. The van der Waals surface area contributed by atoms with E-state index in [1.54, 1.807) is 49.7 Å². The third kappa shape index (κ3) is 7.04. The van der Waals surface area contributed by atoms with E-state index in [-0.39, 0.29) is 30.7 Å². The van der Waals surface area contributed by atoms with E-state index in [1.807, 2.05) is 0 Å². The molecule has 2 aromatic rings. The van der Waals surface area contributed by atoms with Crippen molar-refractivity contribution in [1.29, 1.82) is 0 Å². The highest BCUT2D eigenvalue weighted by Crippen LogP contribution is 2.23. The van der Waals surface area contributed by atoms with Gasteiger partial charge in [-0.25, -0.2) is 4.98 Å². The normalized spacial score (nSPS) is 9.25. The van der Waals surface area contributed by atoms with Crippen LogP contribution in [0.15, 0.2) is 42.6 Å². The van der Waals surface area contributed by atoms with Crippen molar-refractivity contribution in [1.82, 2.24) is 4.98 Å². The number of benzene rings is 1. The molecule has 1 heterocycles. The summed E-state index contributed by atoms with van der Waals surface area (Å²) in [4.78, 5) is 15.7. The SMILES string of the molecule is COc1ccc(Oc2ccc(NC(=O)CCCN)cn2)cc1.Cl.Cl. The second kappa shape index (κ2) is 11.5. The average molecular weight is 374 g/mol. The van der Waals surface area contributed by atoms with Gasteiger partial charge in [-0.15, -0.1) is 24.8 Å². The summed E-state index contributed by atoms with van der Waals surface area (Å²) in [5.41, 5.74) is 5.99. The zero-order chi connectivity index (χ0) is 15.8. The Bertz CT molecular complexity index is 607. The van der Waals surface area contributed by atoms with Gasteiger partial charge in [0.2, 0.25) is 11.8 Å². The Hall–Kier alpha value is -2.02. The number of methoxy groups -OCH3 is 1. The number of amides is 1. The maximum absolute atomic E-state index is 11.6. The standard InChI is InChI=1S/C16H19N3O3.2ClH/c1-21-13-5-7-14(8-6-13)22-16-9-4-12(11-18-16)19-15(20)3-2-10-17;;/h4-9,11H,2-3,10,17H2,1H3,(H,19,20);2*1H. The molecule has 132 valence electrons. The summed E-state index contributed by atoms with van der Waals surface area (Å²) >= 11 is 0. The molecule has 0 fully saturated rings. The number of nitrogens with zero attached hydrogens (tertiary/aromatic N) is 1. The number of nitrogens with one attached hydrogen (secondary N) is 1. The van der Waals surface area contributed by atoms with Crippen LogP contribution in [-0.2, 0) is 4.79 Å². The zero-order valence-electron chi connectivity index (χ0n) is 13.2. The van der Waals surface area contributed by atoms with E-state index in [0.717, 1.165) is 5.75 Å². The van der Waals surface area contributed by atoms with Crippen molar-refractivity contribution in [2.75, 3.05) is 19.0 Å². The summed E-state index contributed by atoms with van der Waals surface area (Å²) < 4.78 is 10.7. The Kier molecular flexibility index (Phi) is 10.5. The summed E-state index contributed by atoms with van der Waals surface area (Å²) in [6, 6.07) is 10.6. The quantitative estimate of drug-likeness (QED) is 0.776. The van der Waals surface area contributed by atoms with Crippen LogP contribution in [0.25, 0.3) is 0 Å². The lowest BCUT2D eigenvalue weighted by atomic mass is 10.3. The topological polar surface area (TPSA) is 86.5 Å². The molecule has 0 spiro atoms. The van der Waals surface area contributed by atoms with Gasteiger partial charge in [0.1, 0.15) is 11.5 Å². The van der Waals surface area contributed by atoms with Gasteiger partial charge in [-0.3, -0.25) is 4.79 Å². The molecule has 0 saturated carbocycles. The van der Waals surface area contributed by atoms with Gasteiger partial charge in [-0.2, -0.15) is 0 Å². The highest BCUT2D eigenvalue weighted by molar-refractivity contribution is 5.90. The van der Waals surface area contributed by atoms with Gasteiger partial charge < -0.3 is 20.5 Å². The molecule has 3 N–H and O–H groups in total. The van der Waals surface area contributed by atoms with Crippen molar-refractivity contribution in [2.24, 2.45) is 5.73 Å². The Labute approximate surface area is 153 Å². The number of rotatable bonds is 7. The molecule has 0 aliphatic heterocycles. The molecule has 6 nitrogen and oxygen atoms in total. The Morgan fingerprint density at radius 2 is 1.79 bits per heavy atom. The van der Waals surface area contributed by atoms with Crippen LogP contribution in [0.3, 0.4) is 0 Å². The second-order valence-corrected chi connectivity index (χ2v) is 4.60. The minimum Gasteiger partial charge on any atom is -0.497 e. The van der Waals surface area contributed by atoms with Gasteiger partial charge in [-0.1, -0.05) is 0 Å². The van der Waals surface area contributed by atoms with E-state index < -0.39 is 0 Å². The zero-order valence-corrected chi connectivity index (χ0v) is 14.9. The van der Waals surface area contributed by atoms with Crippen molar-refractivity contribution in [2.45, 2.75) is 12.8 Å². The number of hydrogen-bond acceptors (Lipinski definition) is 5. The van der Waals surface area contributed by atoms with Crippen molar-refractivity contribution in [3.05, 3.63) is 42.6 Å². The molecular weight excluding hydrogens is 353 g/mol. The number of aromatic nitrogens is 1. The lowest BCUT2D eigenvalue weighted by Crippen LogP contribution is -2.13. The van der Waals surface area contributed by atoms with Crippen LogP contribution >= 0.6 is 24.8 Å².